The molecule has 3 atom stereocenters. The maximum atomic E-state index is 13.0. The fourth-order valence-electron chi connectivity index (χ4n) is 1.99. The summed E-state index contributed by atoms with van der Waals surface area (Å²) in [5.74, 6) is 0. The molecule has 2 unspecified atom stereocenters. The SMILES string of the molecule is CCC[C@@]1(CC)COP(=O)(F)OC1C. The number of hydrogen-bond donors (Lipinski definition) is 0. The standard InChI is InChI=1S/C9H18FO3P/c1-4-6-9(5-2)7-12-14(10,11)13-8(9)3/h8H,4-7H2,1-3H3/t8?,9-,14?/m0/s1. The highest BCUT2D eigenvalue weighted by Gasteiger charge is 2.46. The van der Waals surface area contributed by atoms with E-state index in [1.54, 1.807) is 6.92 Å². The van der Waals surface area contributed by atoms with Gasteiger partial charge in [0.05, 0.1) is 12.7 Å². The molecule has 0 N–H and O–H groups in total. The van der Waals surface area contributed by atoms with Gasteiger partial charge in [0.25, 0.3) is 0 Å². The van der Waals surface area contributed by atoms with E-state index in [1.807, 2.05) is 6.92 Å². The summed E-state index contributed by atoms with van der Waals surface area (Å²) < 4.78 is 33.4. The Kier molecular flexibility index (Phi) is 3.73. The van der Waals surface area contributed by atoms with Crippen molar-refractivity contribution in [1.82, 2.24) is 0 Å². The molecule has 1 rings (SSSR count). The van der Waals surface area contributed by atoms with Crippen LogP contribution in [-0.4, -0.2) is 12.7 Å². The van der Waals surface area contributed by atoms with E-state index >= 15 is 0 Å². The molecule has 5 heteroatoms. The Morgan fingerprint density at radius 2 is 2.21 bits per heavy atom. The average molecular weight is 224 g/mol. The average Bonchev–Trinajstić information content (AvgIpc) is 2.10. The third kappa shape index (κ3) is 2.36. The Bertz CT molecular complexity index is 246. The fraction of sp³-hybridized carbons (Fsp3) is 1.00. The van der Waals surface area contributed by atoms with Gasteiger partial charge >= 0.3 is 7.91 Å². The molecule has 0 bridgehead atoms. The summed E-state index contributed by atoms with van der Waals surface area (Å²) in [5.41, 5.74) is -0.172. The van der Waals surface area contributed by atoms with Crippen molar-refractivity contribution in [1.29, 1.82) is 0 Å². The van der Waals surface area contributed by atoms with Gasteiger partial charge in [-0.1, -0.05) is 20.3 Å². The van der Waals surface area contributed by atoms with Crippen LogP contribution in [-0.2, 0) is 13.6 Å². The number of rotatable bonds is 3. The van der Waals surface area contributed by atoms with E-state index in [0.29, 0.717) is 0 Å². The molecule has 0 amide bonds. The van der Waals surface area contributed by atoms with E-state index in [2.05, 4.69) is 11.4 Å². The topological polar surface area (TPSA) is 35.5 Å². The van der Waals surface area contributed by atoms with Gasteiger partial charge in [-0.15, -0.1) is 4.20 Å². The molecule has 0 spiro atoms. The highest BCUT2D eigenvalue weighted by molar-refractivity contribution is 7.48. The lowest BCUT2D eigenvalue weighted by atomic mass is 9.77. The smallest absolute Gasteiger partial charge is 0.283 e. The van der Waals surface area contributed by atoms with Crippen LogP contribution in [0.25, 0.3) is 0 Å². The van der Waals surface area contributed by atoms with Crippen molar-refractivity contribution < 1.29 is 17.8 Å². The first kappa shape index (κ1) is 12.2. The Morgan fingerprint density at radius 1 is 1.57 bits per heavy atom. The monoisotopic (exact) mass is 224 g/mol. The van der Waals surface area contributed by atoms with Crippen molar-refractivity contribution in [2.24, 2.45) is 5.41 Å². The van der Waals surface area contributed by atoms with Crippen LogP contribution in [0.3, 0.4) is 0 Å². The molecule has 1 saturated heterocycles. The van der Waals surface area contributed by atoms with Crippen molar-refractivity contribution in [3.8, 4) is 0 Å². The Hall–Kier alpha value is 0.0800. The van der Waals surface area contributed by atoms with E-state index in [0.717, 1.165) is 19.3 Å². The maximum Gasteiger partial charge on any atom is 0.513 e. The molecule has 0 saturated carbocycles. The first-order valence-corrected chi connectivity index (χ1v) is 6.52. The quantitative estimate of drug-likeness (QED) is 0.686. The van der Waals surface area contributed by atoms with Crippen LogP contribution in [0, 0.1) is 5.41 Å². The minimum Gasteiger partial charge on any atom is -0.283 e. The summed E-state index contributed by atoms with van der Waals surface area (Å²) >= 11 is 0. The van der Waals surface area contributed by atoms with Crippen molar-refractivity contribution >= 4 is 7.91 Å². The normalized spacial score (nSPS) is 43.9. The van der Waals surface area contributed by atoms with Crippen molar-refractivity contribution in [3.63, 3.8) is 0 Å². The second-order valence-corrected chi connectivity index (χ2v) is 5.25. The summed E-state index contributed by atoms with van der Waals surface area (Å²) in [6.45, 7) is 6.06. The molecule has 0 radical (unpaired) electrons. The lowest BCUT2D eigenvalue weighted by Crippen LogP contribution is -2.41. The second-order valence-electron chi connectivity index (χ2n) is 3.92. The van der Waals surface area contributed by atoms with Gasteiger partial charge in [0.15, 0.2) is 0 Å². The maximum absolute atomic E-state index is 13.0. The highest BCUT2D eigenvalue weighted by Crippen LogP contribution is 2.59. The fourth-order valence-corrected chi connectivity index (χ4v) is 3.07. The van der Waals surface area contributed by atoms with Gasteiger partial charge in [0.1, 0.15) is 0 Å². The molecular weight excluding hydrogens is 206 g/mol. The zero-order valence-corrected chi connectivity index (χ0v) is 9.85. The molecule has 0 aromatic heterocycles. The van der Waals surface area contributed by atoms with Crippen LogP contribution in [0.2, 0.25) is 0 Å². The van der Waals surface area contributed by atoms with Crippen LogP contribution in [0.4, 0.5) is 4.20 Å². The minimum atomic E-state index is -4.26. The largest absolute Gasteiger partial charge is 0.513 e. The lowest BCUT2D eigenvalue weighted by Gasteiger charge is -2.41. The van der Waals surface area contributed by atoms with E-state index in [1.165, 1.54) is 0 Å². The molecule has 1 fully saturated rings. The summed E-state index contributed by atoms with van der Waals surface area (Å²) in [7, 11) is -4.26. The van der Waals surface area contributed by atoms with Gasteiger partial charge in [0, 0.05) is 5.41 Å². The molecule has 14 heavy (non-hydrogen) atoms. The predicted molar refractivity (Wildman–Crippen MR) is 52.8 cm³/mol. The molecule has 3 nitrogen and oxygen atoms in total. The molecular formula is C9H18FO3P. The summed E-state index contributed by atoms with van der Waals surface area (Å²) in [5, 5.41) is 0. The van der Waals surface area contributed by atoms with Gasteiger partial charge in [-0.3, -0.25) is 9.05 Å². The van der Waals surface area contributed by atoms with Crippen molar-refractivity contribution in [2.75, 3.05) is 6.61 Å². The Balaban J connectivity index is 2.76. The van der Waals surface area contributed by atoms with E-state index < -0.39 is 7.91 Å². The Morgan fingerprint density at radius 3 is 2.64 bits per heavy atom. The van der Waals surface area contributed by atoms with Crippen LogP contribution < -0.4 is 0 Å². The summed E-state index contributed by atoms with van der Waals surface area (Å²) in [6, 6.07) is 0. The predicted octanol–water partition coefficient (Wildman–Crippen LogP) is 3.70. The van der Waals surface area contributed by atoms with E-state index in [4.69, 9.17) is 4.52 Å². The zero-order chi connectivity index (χ0) is 10.8. The van der Waals surface area contributed by atoms with Gasteiger partial charge in [0.2, 0.25) is 0 Å². The molecule has 84 valence electrons. The first-order valence-electron chi connectivity index (χ1n) is 5.08. The first-order chi connectivity index (χ1) is 6.46. The second kappa shape index (κ2) is 4.30. The molecule has 0 aliphatic carbocycles. The van der Waals surface area contributed by atoms with Gasteiger partial charge in [-0.25, -0.2) is 4.57 Å². The van der Waals surface area contributed by atoms with Crippen LogP contribution in [0.5, 0.6) is 0 Å². The van der Waals surface area contributed by atoms with Crippen LogP contribution in [0.1, 0.15) is 40.0 Å². The number of halogens is 1. The zero-order valence-electron chi connectivity index (χ0n) is 8.96. The molecule has 0 aromatic carbocycles. The summed E-state index contributed by atoms with van der Waals surface area (Å²) in [6.07, 6.45) is 2.41. The van der Waals surface area contributed by atoms with Crippen LogP contribution >= 0.6 is 7.91 Å². The van der Waals surface area contributed by atoms with Crippen molar-refractivity contribution in [2.45, 2.75) is 46.1 Å². The van der Waals surface area contributed by atoms with Gasteiger partial charge in [-0.2, -0.15) is 0 Å². The van der Waals surface area contributed by atoms with Gasteiger partial charge in [-0.05, 0) is 19.8 Å². The van der Waals surface area contributed by atoms with Crippen LogP contribution in [0.15, 0.2) is 0 Å². The third-order valence-electron chi connectivity index (χ3n) is 3.10. The van der Waals surface area contributed by atoms with Gasteiger partial charge < -0.3 is 0 Å². The lowest BCUT2D eigenvalue weighted by molar-refractivity contribution is -0.0554. The minimum absolute atomic E-state index is 0.172. The number of hydrogen-bond acceptors (Lipinski definition) is 3. The highest BCUT2D eigenvalue weighted by atomic mass is 31.2. The molecule has 0 aromatic rings. The molecule has 1 heterocycles. The molecule has 1 aliphatic heterocycles. The summed E-state index contributed by atoms with van der Waals surface area (Å²) in [4.78, 5) is 0. The third-order valence-corrected chi connectivity index (χ3v) is 4.11. The van der Waals surface area contributed by atoms with Crippen molar-refractivity contribution in [3.05, 3.63) is 0 Å². The molecule has 1 aliphatic rings. The Labute approximate surface area is 84.6 Å². The van der Waals surface area contributed by atoms with E-state index in [-0.39, 0.29) is 18.1 Å². The van der Waals surface area contributed by atoms with E-state index in [9.17, 15) is 8.76 Å².